The Balaban J connectivity index is 0.00000147. The first-order chi connectivity index (χ1) is 9.22. The lowest BCUT2D eigenvalue weighted by atomic mass is 9.96. The zero-order chi connectivity index (χ0) is 13.2. The van der Waals surface area contributed by atoms with E-state index in [4.69, 9.17) is 5.73 Å². The molecule has 1 aliphatic carbocycles. The third-order valence-corrected chi connectivity index (χ3v) is 6.02. The highest BCUT2D eigenvalue weighted by atomic mass is 79.9. The Labute approximate surface area is 138 Å². The quantitative estimate of drug-likeness (QED) is 0.823. The van der Waals surface area contributed by atoms with Crippen LogP contribution in [0.1, 0.15) is 25.7 Å². The number of benzene rings is 1. The molecule has 2 N–H and O–H groups in total. The van der Waals surface area contributed by atoms with Gasteiger partial charge in [0.25, 0.3) is 0 Å². The van der Waals surface area contributed by atoms with Gasteiger partial charge in [0, 0.05) is 38.4 Å². The Kier molecular flexibility index (Phi) is 5.73. The molecular weight excluding hydrogens is 356 g/mol. The Morgan fingerprint density at radius 1 is 1.15 bits per heavy atom. The maximum atomic E-state index is 5.97. The highest BCUT2D eigenvalue weighted by molar-refractivity contribution is 9.10. The molecule has 1 heterocycles. The minimum atomic E-state index is 0. The predicted molar refractivity (Wildman–Crippen MR) is 92.8 cm³/mol. The SMILES string of the molecule is Cl.N[C@H]1CC[C@@H](Sc2cc3ccncc3cc2Br)CC1. The summed E-state index contributed by atoms with van der Waals surface area (Å²) < 4.78 is 1.17. The highest BCUT2D eigenvalue weighted by Crippen LogP contribution is 2.38. The lowest BCUT2D eigenvalue weighted by Crippen LogP contribution is -2.27. The topological polar surface area (TPSA) is 38.9 Å². The molecule has 1 aliphatic rings. The van der Waals surface area contributed by atoms with Gasteiger partial charge in [-0.3, -0.25) is 4.98 Å². The molecule has 0 radical (unpaired) electrons. The molecule has 0 amide bonds. The number of hydrogen-bond donors (Lipinski definition) is 1. The summed E-state index contributed by atoms with van der Waals surface area (Å²) in [4.78, 5) is 5.50. The fourth-order valence-electron chi connectivity index (χ4n) is 2.56. The van der Waals surface area contributed by atoms with Gasteiger partial charge in [-0.25, -0.2) is 0 Å². The molecule has 3 rings (SSSR count). The smallest absolute Gasteiger partial charge is 0.0346 e. The van der Waals surface area contributed by atoms with Gasteiger partial charge in [0.1, 0.15) is 0 Å². The first kappa shape index (κ1) is 16.1. The maximum absolute atomic E-state index is 5.97. The van der Waals surface area contributed by atoms with E-state index in [1.165, 1.54) is 33.0 Å². The minimum absolute atomic E-state index is 0. The molecule has 20 heavy (non-hydrogen) atoms. The third-order valence-electron chi connectivity index (χ3n) is 3.70. The summed E-state index contributed by atoms with van der Waals surface area (Å²) in [6, 6.07) is 6.92. The van der Waals surface area contributed by atoms with Crippen molar-refractivity contribution in [1.29, 1.82) is 0 Å². The number of rotatable bonds is 2. The van der Waals surface area contributed by atoms with Gasteiger partial charge in [-0.1, -0.05) is 0 Å². The van der Waals surface area contributed by atoms with E-state index in [2.05, 4.69) is 39.1 Å². The van der Waals surface area contributed by atoms with E-state index in [9.17, 15) is 0 Å². The number of hydrogen-bond acceptors (Lipinski definition) is 3. The normalized spacial score (nSPS) is 22.5. The van der Waals surface area contributed by atoms with Crippen molar-refractivity contribution < 1.29 is 0 Å². The zero-order valence-electron chi connectivity index (χ0n) is 11.1. The number of pyridine rings is 1. The maximum Gasteiger partial charge on any atom is 0.0346 e. The molecule has 0 spiro atoms. The number of nitrogens with zero attached hydrogens (tertiary/aromatic N) is 1. The fraction of sp³-hybridized carbons (Fsp3) is 0.400. The van der Waals surface area contributed by atoms with Crippen molar-refractivity contribution in [3.05, 3.63) is 35.1 Å². The average molecular weight is 374 g/mol. The molecule has 1 aromatic carbocycles. The van der Waals surface area contributed by atoms with Crippen LogP contribution >= 0.6 is 40.1 Å². The molecule has 0 saturated heterocycles. The second-order valence-corrected chi connectivity index (χ2v) is 7.36. The molecule has 2 nitrogen and oxygen atoms in total. The Morgan fingerprint density at radius 3 is 2.65 bits per heavy atom. The van der Waals surface area contributed by atoms with Gasteiger partial charge in [0.15, 0.2) is 0 Å². The Hall–Kier alpha value is -0.290. The summed E-state index contributed by atoms with van der Waals surface area (Å²) in [6.07, 6.45) is 8.54. The molecule has 5 heteroatoms. The molecule has 1 fully saturated rings. The molecule has 0 aliphatic heterocycles. The van der Waals surface area contributed by atoms with Gasteiger partial charge in [-0.05, 0) is 65.2 Å². The van der Waals surface area contributed by atoms with Crippen molar-refractivity contribution >= 4 is 50.9 Å². The summed E-state index contributed by atoms with van der Waals surface area (Å²) in [5.74, 6) is 0. The third kappa shape index (κ3) is 3.67. The van der Waals surface area contributed by atoms with E-state index >= 15 is 0 Å². The van der Waals surface area contributed by atoms with Crippen LogP contribution in [-0.4, -0.2) is 16.3 Å². The van der Waals surface area contributed by atoms with Crippen LogP contribution in [0.4, 0.5) is 0 Å². The van der Waals surface area contributed by atoms with Gasteiger partial charge >= 0.3 is 0 Å². The summed E-state index contributed by atoms with van der Waals surface area (Å²) >= 11 is 5.67. The van der Waals surface area contributed by atoms with Gasteiger partial charge in [0.05, 0.1) is 0 Å². The van der Waals surface area contributed by atoms with E-state index in [0.29, 0.717) is 11.3 Å². The molecule has 108 valence electrons. The lowest BCUT2D eigenvalue weighted by molar-refractivity contribution is 0.451. The summed E-state index contributed by atoms with van der Waals surface area (Å²) in [5.41, 5.74) is 5.97. The van der Waals surface area contributed by atoms with Crippen LogP contribution in [0, 0.1) is 0 Å². The van der Waals surface area contributed by atoms with Crippen LogP contribution in [-0.2, 0) is 0 Å². The van der Waals surface area contributed by atoms with Crippen LogP contribution in [0.2, 0.25) is 0 Å². The first-order valence-electron chi connectivity index (χ1n) is 6.68. The number of nitrogens with two attached hydrogens (primary N) is 1. The molecule has 1 aromatic heterocycles. The highest BCUT2D eigenvalue weighted by Gasteiger charge is 2.20. The van der Waals surface area contributed by atoms with Crippen molar-refractivity contribution in [2.45, 2.75) is 41.9 Å². The number of fused-ring (bicyclic) bond motifs is 1. The molecule has 0 atom stereocenters. The van der Waals surface area contributed by atoms with E-state index in [-0.39, 0.29) is 12.4 Å². The molecule has 1 saturated carbocycles. The van der Waals surface area contributed by atoms with Gasteiger partial charge in [-0.15, -0.1) is 24.2 Å². The fourth-order valence-corrected chi connectivity index (χ4v) is 4.44. The Bertz CT molecular complexity index is 585. The molecular formula is C15H18BrClN2S. The van der Waals surface area contributed by atoms with Crippen molar-refractivity contribution in [2.24, 2.45) is 5.73 Å². The second kappa shape index (κ2) is 7.12. The van der Waals surface area contributed by atoms with Crippen LogP contribution < -0.4 is 5.73 Å². The average Bonchev–Trinajstić information content (AvgIpc) is 2.42. The number of halogens is 2. The van der Waals surface area contributed by atoms with Crippen molar-refractivity contribution in [3.63, 3.8) is 0 Å². The van der Waals surface area contributed by atoms with Crippen LogP contribution in [0.25, 0.3) is 10.8 Å². The lowest BCUT2D eigenvalue weighted by Gasteiger charge is -2.25. The summed E-state index contributed by atoms with van der Waals surface area (Å²) in [6.45, 7) is 0. The van der Waals surface area contributed by atoms with E-state index in [1.54, 1.807) is 0 Å². The predicted octanol–water partition coefficient (Wildman–Crippen LogP) is 4.78. The van der Waals surface area contributed by atoms with Gasteiger partial charge < -0.3 is 5.73 Å². The van der Waals surface area contributed by atoms with Crippen molar-refractivity contribution in [2.75, 3.05) is 0 Å². The largest absolute Gasteiger partial charge is 0.328 e. The minimum Gasteiger partial charge on any atom is -0.328 e. The van der Waals surface area contributed by atoms with Gasteiger partial charge in [0.2, 0.25) is 0 Å². The monoisotopic (exact) mass is 372 g/mol. The summed E-state index contributed by atoms with van der Waals surface area (Å²) in [7, 11) is 0. The van der Waals surface area contributed by atoms with Crippen LogP contribution in [0.5, 0.6) is 0 Å². The zero-order valence-corrected chi connectivity index (χ0v) is 14.3. The molecule has 0 bridgehead atoms. The number of aromatic nitrogens is 1. The molecule has 2 aromatic rings. The van der Waals surface area contributed by atoms with E-state index < -0.39 is 0 Å². The van der Waals surface area contributed by atoms with Gasteiger partial charge in [-0.2, -0.15) is 0 Å². The molecule has 0 unspecified atom stereocenters. The number of thioether (sulfide) groups is 1. The Morgan fingerprint density at radius 2 is 1.90 bits per heavy atom. The standard InChI is InChI=1S/C15H17BrN2S.ClH/c16-14-7-11-9-18-6-5-10(11)8-15(14)19-13-3-1-12(17)2-4-13;/h5-9,12-13H,1-4,17H2;1H/t12-,13+;. The van der Waals surface area contributed by atoms with Crippen LogP contribution in [0.3, 0.4) is 0 Å². The summed E-state index contributed by atoms with van der Waals surface area (Å²) in [5, 5.41) is 3.15. The second-order valence-electron chi connectivity index (χ2n) is 5.16. The van der Waals surface area contributed by atoms with Crippen LogP contribution in [0.15, 0.2) is 40.0 Å². The van der Waals surface area contributed by atoms with E-state index in [1.807, 2.05) is 24.2 Å². The van der Waals surface area contributed by atoms with E-state index in [0.717, 1.165) is 12.8 Å². The van der Waals surface area contributed by atoms with Crippen molar-refractivity contribution in [1.82, 2.24) is 4.98 Å². The van der Waals surface area contributed by atoms with Crippen molar-refractivity contribution in [3.8, 4) is 0 Å². The first-order valence-corrected chi connectivity index (χ1v) is 8.35.